The molecular weight excluding hydrogens is 208 g/mol. The van der Waals surface area contributed by atoms with Crippen LogP contribution >= 0.6 is 12.2 Å². The van der Waals surface area contributed by atoms with E-state index in [1.807, 2.05) is 0 Å². The lowest BCUT2D eigenvalue weighted by Gasteiger charge is -2.30. The number of hydrogen-bond acceptors (Lipinski definition) is 2. The number of nitrogens with one attached hydrogen (secondary N) is 2. The standard InChI is InChI=1S/C11H22N2OS/c1-9-5-3-4-6-10(9)13-11(15)12-7-8-14-2/h9-10H,3-8H2,1-2H3,(H2,12,13,15). The number of ether oxygens (including phenoxy) is 1. The molecule has 3 nitrogen and oxygen atoms in total. The SMILES string of the molecule is COCCNC(=S)NC1CCCCC1C. The minimum Gasteiger partial charge on any atom is -0.383 e. The van der Waals surface area contributed by atoms with Crippen molar-refractivity contribution in [3.05, 3.63) is 0 Å². The molecule has 0 bridgehead atoms. The third-order valence-electron chi connectivity index (χ3n) is 3.02. The van der Waals surface area contributed by atoms with Gasteiger partial charge >= 0.3 is 0 Å². The Labute approximate surface area is 98.0 Å². The summed E-state index contributed by atoms with van der Waals surface area (Å²) in [5.74, 6) is 0.737. The molecule has 0 aromatic rings. The van der Waals surface area contributed by atoms with Gasteiger partial charge in [0.25, 0.3) is 0 Å². The molecule has 1 rings (SSSR count). The summed E-state index contributed by atoms with van der Waals surface area (Å²) in [7, 11) is 1.70. The van der Waals surface area contributed by atoms with Gasteiger partial charge in [0, 0.05) is 19.7 Å². The lowest BCUT2D eigenvalue weighted by molar-refractivity contribution is 0.203. The average Bonchev–Trinajstić information content (AvgIpc) is 2.22. The first kappa shape index (κ1) is 12.7. The Morgan fingerprint density at radius 3 is 2.80 bits per heavy atom. The van der Waals surface area contributed by atoms with E-state index in [1.54, 1.807) is 7.11 Å². The highest BCUT2D eigenvalue weighted by molar-refractivity contribution is 7.80. The van der Waals surface area contributed by atoms with Gasteiger partial charge in [-0.05, 0) is 31.0 Å². The summed E-state index contributed by atoms with van der Waals surface area (Å²) in [5, 5.41) is 7.31. The smallest absolute Gasteiger partial charge is 0.166 e. The van der Waals surface area contributed by atoms with E-state index in [4.69, 9.17) is 17.0 Å². The Morgan fingerprint density at radius 2 is 2.13 bits per heavy atom. The van der Waals surface area contributed by atoms with Crippen molar-refractivity contribution in [3.8, 4) is 0 Å². The van der Waals surface area contributed by atoms with E-state index in [0.717, 1.165) is 17.6 Å². The highest BCUT2D eigenvalue weighted by Gasteiger charge is 2.21. The number of hydrogen-bond donors (Lipinski definition) is 2. The molecule has 0 saturated heterocycles. The normalized spacial score (nSPS) is 26.0. The van der Waals surface area contributed by atoms with Crippen molar-refractivity contribution in [1.29, 1.82) is 0 Å². The lowest BCUT2D eigenvalue weighted by Crippen LogP contribution is -2.46. The molecule has 1 saturated carbocycles. The summed E-state index contributed by atoms with van der Waals surface area (Å²) >= 11 is 5.22. The van der Waals surface area contributed by atoms with Crippen molar-refractivity contribution in [2.24, 2.45) is 5.92 Å². The van der Waals surface area contributed by atoms with E-state index in [0.29, 0.717) is 12.6 Å². The van der Waals surface area contributed by atoms with Crippen LogP contribution in [0.1, 0.15) is 32.6 Å². The highest BCUT2D eigenvalue weighted by atomic mass is 32.1. The molecule has 0 aromatic carbocycles. The Kier molecular flexibility index (Phi) is 5.95. The summed E-state index contributed by atoms with van der Waals surface area (Å²) in [6.07, 6.45) is 5.25. The van der Waals surface area contributed by atoms with E-state index < -0.39 is 0 Å². The van der Waals surface area contributed by atoms with Crippen LogP contribution in [-0.2, 0) is 4.74 Å². The van der Waals surface area contributed by atoms with Gasteiger partial charge in [-0.1, -0.05) is 19.8 Å². The van der Waals surface area contributed by atoms with Crippen LogP contribution in [0.2, 0.25) is 0 Å². The average molecular weight is 230 g/mol. The van der Waals surface area contributed by atoms with Crippen LogP contribution in [0.25, 0.3) is 0 Å². The topological polar surface area (TPSA) is 33.3 Å². The van der Waals surface area contributed by atoms with Gasteiger partial charge < -0.3 is 15.4 Å². The van der Waals surface area contributed by atoms with Crippen LogP contribution in [0.5, 0.6) is 0 Å². The van der Waals surface area contributed by atoms with Crippen molar-refractivity contribution < 1.29 is 4.74 Å². The van der Waals surface area contributed by atoms with Gasteiger partial charge in [-0.25, -0.2) is 0 Å². The highest BCUT2D eigenvalue weighted by Crippen LogP contribution is 2.23. The molecule has 88 valence electrons. The van der Waals surface area contributed by atoms with E-state index in [1.165, 1.54) is 25.7 Å². The van der Waals surface area contributed by atoms with Crippen LogP contribution in [0.3, 0.4) is 0 Å². The molecule has 2 unspecified atom stereocenters. The minimum atomic E-state index is 0.557. The van der Waals surface area contributed by atoms with Gasteiger partial charge in [0.05, 0.1) is 6.61 Å². The van der Waals surface area contributed by atoms with Crippen LogP contribution in [0.4, 0.5) is 0 Å². The Hall–Kier alpha value is -0.350. The van der Waals surface area contributed by atoms with Gasteiger partial charge in [0.15, 0.2) is 5.11 Å². The summed E-state index contributed by atoms with van der Waals surface area (Å²) in [6, 6.07) is 0.557. The number of rotatable bonds is 4. The maximum Gasteiger partial charge on any atom is 0.166 e. The van der Waals surface area contributed by atoms with Gasteiger partial charge in [-0.2, -0.15) is 0 Å². The second-order valence-corrected chi connectivity index (χ2v) is 4.67. The van der Waals surface area contributed by atoms with Crippen LogP contribution < -0.4 is 10.6 Å². The Bertz CT molecular complexity index is 199. The molecule has 2 N–H and O–H groups in total. The fraction of sp³-hybridized carbons (Fsp3) is 0.909. The molecule has 15 heavy (non-hydrogen) atoms. The van der Waals surface area contributed by atoms with Crippen molar-refractivity contribution in [1.82, 2.24) is 10.6 Å². The van der Waals surface area contributed by atoms with Crippen molar-refractivity contribution in [2.45, 2.75) is 38.6 Å². The lowest BCUT2D eigenvalue weighted by atomic mass is 9.86. The van der Waals surface area contributed by atoms with Gasteiger partial charge in [-0.15, -0.1) is 0 Å². The molecule has 4 heteroatoms. The van der Waals surface area contributed by atoms with E-state index in [9.17, 15) is 0 Å². The Balaban J connectivity index is 2.18. The van der Waals surface area contributed by atoms with Crippen LogP contribution in [0, 0.1) is 5.92 Å². The second-order valence-electron chi connectivity index (χ2n) is 4.26. The Morgan fingerprint density at radius 1 is 1.40 bits per heavy atom. The second kappa shape index (κ2) is 7.01. The third-order valence-corrected chi connectivity index (χ3v) is 3.28. The molecular formula is C11H22N2OS. The van der Waals surface area contributed by atoms with E-state index in [2.05, 4.69) is 17.6 Å². The summed E-state index contributed by atoms with van der Waals surface area (Å²) < 4.78 is 4.95. The number of methoxy groups -OCH3 is 1. The van der Waals surface area contributed by atoms with Crippen LogP contribution in [-0.4, -0.2) is 31.4 Å². The minimum absolute atomic E-state index is 0.557. The molecule has 2 atom stereocenters. The quantitative estimate of drug-likeness (QED) is 0.569. The fourth-order valence-electron chi connectivity index (χ4n) is 2.02. The molecule has 0 radical (unpaired) electrons. The molecule has 0 aromatic heterocycles. The number of thiocarbonyl (C=S) groups is 1. The summed E-state index contributed by atoms with van der Waals surface area (Å²) in [4.78, 5) is 0. The molecule has 1 fully saturated rings. The summed E-state index contributed by atoms with van der Waals surface area (Å²) in [5.41, 5.74) is 0. The predicted molar refractivity (Wildman–Crippen MR) is 67.0 cm³/mol. The zero-order chi connectivity index (χ0) is 11.1. The molecule has 0 aliphatic heterocycles. The van der Waals surface area contributed by atoms with E-state index in [-0.39, 0.29) is 0 Å². The van der Waals surface area contributed by atoms with Gasteiger partial charge in [-0.3, -0.25) is 0 Å². The molecule has 0 spiro atoms. The maximum absolute atomic E-state index is 5.22. The largest absolute Gasteiger partial charge is 0.383 e. The maximum atomic E-state index is 5.22. The molecule has 1 aliphatic carbocycles. The monoisotopic (exact) mass is 230 g/mol. The zero-order valence-electron chi connectivity index (χ0n) is 9.71. The third kappa shape index (κ3) is 4.80. The zero-order valence-corrected chi connectivity index (χ0v) is 10.5. The first-order valence-corrected chi connectivity index (χ1v) is 6.18. The molecule has 0 amide bonds. The molecule has 0 heterocycles. The van der Waals surface area contributed by atoms with Crippen LogP contribution in [0.15, 0.2) is 0 Å². The van der Waals surface area contributed by atoms with E-state index >= 15 is 0 Å². The fourth-order valence-corrected chi connectivity index (χ4v) is 2.27. The van der Waals surface area contributed by atoms with Crippen molar-refractivity contribution >= 4 is 17.3 Å². The van der Waals surface area contributed by atoms with Crippen molar-refractivity contribution in [2.75, 3.05) is 20.3 Å². The van der Waals surface area contributed by atoms with Gasteiger partial charge in [0.1, 0.15) is 0 Å². The van der Waals surface area contributed by atoms with Gasteiger partial charge in [0.2, 0.25) is 0 Å². The summed E-state index contributed by atoms with van der Waals surface area (Å²) in [6.45, 7) is 3.78. The predicted octanol–water partition coefficient (Wildman–Crippen LogP) is 1.68. The first-order chi connectivity index (χ1) is 7.24. The molecule has 1 aliphatic rings. The van der Waals surface area contributed by atoms with Crippen molar-refractivity contribution in [3.63, 3.8) is 0 Å². The first-order valence-electron chi connectivity index (χ1n) is 5.77.